The van der Waals surface area contributed by atoms with Crippen molar-refractivity contribution in [1.29, 1.82) is 0 Å². The first kappa shape index (κ1) is 16.5. The van der Waals surface area contributed by atoms with Crippen LogP contribution in [-0.4, -0.2) is 35.0 Å². The van der Waals surface area contributed by atoms with Gasteiger partial charge < -0.3 is 19.7 Å². The van der Waals surface area contributed by atoms with Crippen LogP contribution in [0.1, 0.15) is 38.9 Å². The topological polar surface area (TPSA) is 76.0 Å². The molecule has 112 valence electrons. The highest BCUT2D eigenvalue weighted by Gasteiger charge is 2.24. The molecule has 0 fully saturated rings. The first-order valence-corrected chi connectivity index (χ1v) is 6.73. The monoisotopic (exact) mass is 282 g/mol. The number of aliphatic hydroxyl groups is 2. The first-order chi connectivity index (χ1) is 9.45. The van der Waals surface area contributed by atoms with Crippen molar-refractivity contribution in [2.24, 2.45) is 0 Å². The summed E-state index contributed by atoms with van der Waals surface area (Å²) in [6, 6.07) is 6.90. The number of carbonyl (C=O) groups is 1. The highest BCUT2D eigenvalue weighted by molar-refractivity contribution is 5.70. The van der Waals surface area contributed by atoms with Crippen LogP contribution in [0.2, 0.25) is 0 Å². The highest BCUT2D eigenvalue weighted by atomic mass is 16.5. The lowest BCUT2D eigenvalue weighted by molar-refractivity contribution is -0.147. The van der Waals surface area contributed by atoms with Crippen molar-refractivity contribution in [1.82, 2.24) is 0 Å². The number of aliphatic hydroxyl groups excluding tert-OH is 2. The smallest absolute Gasteiger partial charge is 0.308 e. The Labute approximate surface area is 119 Å². The lowest BCUT2D eigenvalue weighted by atomic mass is 10.0. The maximum absolute atomic E-state index is 11.3. The summed E-state index contributed by atoms with van der Waals surface area (Å²) < 4.78 is 10.3. The van der Waals surface area contributed by atoms with E-state index in [-0.39, 0.29) is 19.1 Å². The van der Waals surface area contributed by atoms with Gasteiger partial charge in [0.1, 0.15) is 11.9 Å². The van der Waals surface area contributed by atoms with Crippen LogP contribution >= 0.6 is 0 Å². The van der Waals surface area contributed by atoms with Gasteiger partial charge in [-0.3, -0.25) is 4.79 Å². The lowest BCUT2D eigenvalue weighted by Crippen LogP contribution is -2.24. The largest absolute Gasteiger partial charge is 0.491 e. The molecule has 1 aromatic rings. The molecule has 0 aliphatic carbocycles. The zero-order valence-electron chi connectivity index (χ0n) is 12.1. The normalized spacial score (nSPS) is 13.9. The van der Waals surface area contributed by atoms with Crippen molar-refractivity contribution in [3.05, 3.63) is 29.8 Å². The lowest BCUT2D eigenvalue weighted by Gasteiger charge is -2.21. The fraction of sp³-hybridized carbons (Fsp3) is 0.533. The van der Waals surface area contributed by atoms with E-state index in [2.05, 4.69) is 0 Å². The van der Waals surface area contributed by atoms with E-state index in [9.17, 15) is 15.0 Å². The number of rotatable bonds is 7. The van der Waals surface area contributed by atoms with Crippen LogP contribution in [0.25, 0.3) is 0 Å². The standard InChI is InChI=1S/C15H22O5/c1-4-19-14(17)9-12(16)15(18)11-7-5-6-8-13(11)20-10(2)3/h5-8,10,12,15-16,18H,4,9H2,1-3H3. The summed E-state index contributed by atoms with van der Waals surface area (Å²) in [4.78, 5) is 11.3. The summed E-state index contributed by atoms with van der Waals surface area (Å²) in [5.74, 6) is -0.0424. The molecule has 0 bridgehead atoms. The third kappa shape index (κ3) is 4.83. The molecule has 2 N–H and O–H groups in total. The van der Waals surface area contributed by atoms with Crippen LogP contribution in [0.15, 0.2) is 24.3 Å². The van der Waals surface area contributed by atoms with Crippen molar-refractivity contribution in [2.45, 2.75) is 45.5 Å². The van der Waals surface area contributed by atoms with E-state index >= 15 is 0 Å². The minimum absolute atomic E-state index is 0.0504. The molecule has 0 saturated carbocycles. The molecule has 1 rings (SSSR count). The van der Waals surface area contributed by atoms with Gasteiger partial charge in [-0.05, 0) is 26.8 Å². The molecule has 5 nitrogen and oxygen atoms in total. The summed E-state index contributed by atoms with van der Waals surface area (Å²) in [6.07, 6.45) is -2.74. The molecule has 20 heavy (non-hydrogen) atoms. The van der Waals surface area contributed by atoms with Crippen molar-refractivity contribution >= 4 is 5.97 Å². The average molecular weight is 282 g/mol. The van der Waals surface area contributed by atoms with Gasteiger partial charge >= 0.3 is 5.97 Å². The van der Waals surface area contributed by atoms with Gasteiger partial charge in [-0.1, -0.05) is 18.2 Å². The predicted molar refractivity (Wildman–Crippen MR) is 74.4 cm³/mol. The summed E-state index contributed by atoms with van der Waals surface area (Å²) >= 11 is 0. The number of hydrogen-bond donors (Lipinski definition) is 2. The average Bonchev–Trinajstić information content (AvgIpc) is 2.38. The summed E-state index contributed by atoms with van der Waals surface area (Å²) in [7, 11) is 0. The van der Waals surface area contributed by atoms with Crippen molar-refractivity contribution < 1.29 is 24.5 Å². The highest BCUT2D eigenvalue weighted by Crippen LogP contribution is 2.29. The summed E-state index contributed by atoms with van der Waals surface area (Å²) in [5, 5.41) is 20.1. The Bertz CT molecular complexity index is 430. The van der Waals surface area contributed by atoms with Gasteiger partial charge in [0.05, 0.1) is 25.2 Å². The molecule has 0 aliphatic heterocycles. The van der Waals surface area contributed by atoms with E-state index < -0.39 is 18.2 Å². The van der Waals surface area contributed by atoms with E-state index in [4.69, 9.17) is 9.47 Å². The summed E-state index contributed by atoms with van der Waals surface area (Å²) in [6.45, 7) is 5.68. The second kappa shape index (κ2) is 7.87. The van der Waals surface area contributed by atoms with E-state index in [0.29, 0.717) is 11.3 Å². The number of hydrogen-bond acceptors (Lipinski definition) is 5. The van der Waals surface area contributed by atoms with E-state index in [0.717, 1.165) is 0 Å². The second-order valence-electron chi connectivity index (χ2n) is 4.73. The number of benzene rings is 1. The molecule has 2 unspecified atom stereocenters. The van der Waals surface area contributed by atoms with Gasteiger partial charge in [0.2, 0.25) is 0 Å². The molecule has 5 heteroatoms. The van der Waals surface area contributed by atoms with Crippen LogP contribution in [0.5, 0.6) is 5.75 Å². The minimum Gasteiger partial charge on any atom is -0.491 e. The fourth-order valence-electron chi connectivity index (χ4n) is 1.80. The van der Waals surface area contributed by atoms with Crippen LogP contribution in [0, 0.1) is 0 Å². The second-order valence-corrected chi connectivity index (χ2v) is 4.73. The number of ether oxygens (including phenoxy) is 2. The maximum Gasteiger partial charge on any atom is 0.308 e. The van der Waals surface area contributed by atoms with Crippen LogP contribution in [0.4, 0.5) is 0 Å². The van der Waals surface area contributed by atoms with Gasteiger partial charge in [0.15, 0.2) is 0 Å². The van der Waals surface area contributed by atoms with Crippen molar-refractivity contribution in [3.63, 3.8) is 0 Å². The molecule has 2 atom stereocenters. The Morgan fingerprint density at radius 3 is 2.50 bits per heavy atom. The molecule has 0 amide bonds. The zero-order valence-corrected chi connectivity index (χ0v) is 12.1. The number of para-hydroxylation sites is 1. The Balaban J connectivity index is 2.80. The van der Waals surface area contributed by atoms with Crippen LogP contribution < -0.4 is 4.74 Å². The first-order valence-electron chi connectivity index (χ1n) is 6.73. The quantitative estimate of drug-likeness (QED) is 0.746. The Kier molecular flexibility index (Phi) is 6.48. The third-order valence-electron chi connectivity index (χ3n) is 2.65. The Morgan fingerprint density at radius 1 is 1.25 bits per heavy atom. The zero-order chi connectivity index (χ0) is 15.1. The molecule has 0 saturated heterocycles. The summed E-state index contributed by atoms with van der Waals surface area (Å²) in [5.41, 5.74) is 0.456. The van der Waals surface area contributed by atoms with E-state index in [1.54, 1.807) is 31.2 Å². The van der Waals surface area contributed by atoms with Gasteiger partial charge in [-0.15, -0.1) is 0 Å². The van der Waals surface area contributed by atoms with E-state index in [1.807, 2.05) is 13.8 Å². The molecule has 1 aromatic carbocycles. The van der Waals surface area contributed by atoms with Gasteiger partial charge in [0.25, 0.3) is 0 Å². The van der Waals surface area contributed by atoms with Gasteiger partial charge in [-0.25, -0.2) is 0 Å². The minimum atomic E-state index is -1.23. The molecule has 0 radical (unpaired) electrons. The Hall–Kier alpha value is -1.59. The number of carbonyl (C=O) groups excluding carboxylic acids is 1. The Morgan fingerprint density at radius 2 is 1.90 bits per heavy atom. The predicted octanol–water partition coefficient (Wildman–Crippen LogP) is 1.82. The van der Waals surface area contributed by atoms with Gasteiger partial charge in [-0.2, -0.15) is 0 Å². The molecule has 0 spiro atoms. The third-order valence-corrected chi connectivity index (χ3v) is 2.65. The number of esters is 1. The molecule has 0 heterocycles. The molecular formula is C15H22O5. The van der Waals surface area contributed by atoms with Gasteiger partial charge in [0, 0.05) is 5.56 Å². The molecule has 0 aliphatic rings. The van der Waals surface area contributed by atoms with Crippen LogP contribution in [-0.2, 0) is 9.53 Å². The molecule has 0 aromatic heterocycles. The van der Waals surface area contributed by atoms with Crippen molar-refractivity contribution in [2.75, 3.05) is 6.61 Å². The fourth-order valence-corrected chi connectivity index (χ4v) is 1.80. The van der Waals surface area contributed by atoms with Crippen LogP contribution in [0.3, 0.4) is 0 Å². The van der Waals surface area contributed by atoms with E-state index in [1.165, 1.54) is 0 Å². The maximum atomic E-state index is 11.3. The SMILES string of the molecule is CCOC(=O)CC(O)C(O)c1ccccc1OC(C)C. The van der Waals surface area contributed by atoms with Crippen molar-refractivity contribution in [3.8, 4) is 5.75 Å². The molecular weight excluding hydrogens is 260 g/mol.